The third-order valence-corrected chi connectivity index (χ3v) is 7.57. The van der Waals surface area contributed by atoms with Crippen LogP contribution in [0.5, 0.6) is 0 Å². The fraction of sp³-hybridized carbons (Fsp3) is 0.316. The quantitative estimate of drug-likeness (QED) is 0.496. The Bertz CT molecular complexity index is 1270. The molecule has 0 aliphatic rings. The number of H-pyrrole nitrogens is 1. The molecule has 2 aromatic heterocycles. The summed E-state index contributed by atoms with van der Waals surface area (Å²) in [7, 11) is -2.89. The van der Waals surface area contributed by atoms with Crippen LogP contribution in [0, 0.1) is 13.8 Å². The Labute approximate surface area is 188 Å². The molecule has 1 amide bonds. The number of carbonyl (C=O) groups excluding carboxylic acids is 2. The van der Waals surface area contributed by atoms with Gasteiger partial charge in [-0.15, -0.1) is 0 Å². The predicted molar refractivity (Wildman–Crippen MR) is 119 cm³/mol. The van der Waals surface area contributed by atoms with Crippen LogP contribution in [0.1, 0.15) is 28.7 Å². The highest BCUT2D eigenvalue weighted by molar-refractivity contribution is 7.89. The Kier molecular flexibility index (Phi) is 6.70. The molecule has 0 bridgehead atoms. The van der Waals surface area contributed by atoms with E-state index in [1.54, 1.807) is 39.0 Å². The highest BCUT2D eigenvalue weighted by atomic mass is 35.5. The van der Waals surface area contributed by atoms with E-state index in [1.807, 2.05) is 0 Å². The van der Waals surface area contributed by atoms with Gasteiger partial charge in [0.15, 0.2) is 5.13 Å². The van der Waals surface area contributed by atoms with Crippen LogP contribution in [-0.2, 0) is 19.6 Å². The summed E-state index contributed by atoms with van der Waals surface area (Å²) >= 11 is 7.19. The Morgan fingerprint density at radius 3 is 2.68 bits per heavy atom. The first kappa shape index (κ1) is 23.2. The number of esters is 1. The van der Waals surface area contributed by atoms with E-state index in [1.165, 1.54) is 18.4 Å². The van der Waals surface area contributed by atoms with Crippen molar-refractivity contribution < 1.29 is 22.7 Å². The fourth-order valence-corrected chi connectivity index (χ4v) is 5.77. The molecule has 0 saturated carbocycles. The van der Waals surface area contributed by atoms with Gasteiger partial charge in [-0.3, -0.25) is 4.79 Å². The van der Waals surface area contributed by atoms with Gasteiger partial charge in [-0.2, -0.15) is 4.31 Å². The van der Waals surface area contributed by atoms with Crippen LogP contribution in [-0.4, -0.2) is 54.8 Å². The van der Waals surface area contributed by atoms with Gasteiger partial charge in [-0.05, 0) is 39.0 Å². The topological polar surface area (TPSA) is 121 Å². The van der Waals surface area contributed by atoms with Crippen molar-refractivity contribution in [2.45, 2.75) is 25.7 Å². The number of aromatic nitrogens is 2. The van der Waals surface area contributed by atoms with Crippen LogP contribution >= 0.6 is 22.9 Å². The summed E-state index contributed by atoms with van der Waals surface area (Å²) < 4.78 is 33.0. The van der Waals surface area contributed by atoms with E-state index >= 15 is 0 Å². The molecule has 0 saturated heterocycles. The molecule has 0 unspecified atom stereocenters. The Hall–Kier alpha value is -2.47. The Morgan fingerprint density at radius 1 is 1.29 bits per heavy atom. The third-order valence-electron chi connectivity index (χ3n) is 4.43. The van der Waals surface area contributed by atoms with Gasteiger partial charge in [-0.25, -0.2) is 18.2 Å². The summed E-state index contributed by atoms with van der Waals surface area (Å²) in [6.07, 6.45) is 0. The number of benzene rings is 1. The second-order valence-electron chi connectivity index (χ2n) is 6.74. The SMILES string of the molecule is CCOC(=O)c1c(C)[nH]c(C)c1S(=O)(=O)N(C)CC(=O)Nc1nc2ccc(Cl)cc2s1. The minimum absolute atomic E-state index is 0.0605. The van der Waals surface area contributed by atoms with Gasteiger partial charge in [0.2, 0.25) is 15.9 Å². The van der Waals surface area contributed by atoms with E-state index in [2.05, 4.69) is 15.3 Å². The van der Waals surface area contributed by atoms with E-state index in [4.69, 9.17) is 16.3 Å². The predicted octanol–water partition coefficient (Wildman–Crippen LogP) is 3.33. The second kappa shape index (κ2) is 8.95. The largest absolute Gasteiger partial charge is 0.462 e. The number of hydrogen-bond acceptors (Lipinski definition) is 7. The van der Waals surface area contributed by atoms with Crippen molar-refractivity contribution >= 4 is 60.2 Å². The maximum atomic E-state index is 13.2. The molecule has 12 heteroatoms. The molecule has 3 rings (SSSR count). The van der Waals surface area contributed by atoms with E-state index in [0.29, 0.717) is 21.4 Å². The lowest BCUT2D eigenvalue weighted by molar-refractivity contribution is -0.116. The summed E-state index contributed by atoms with van der Waals surface area (Å²) in [6, 6.07) is 5.15. The molecule has 1 aromatic carbocycles. The minimum atomic E-state index is -4.15. The first-order valence-corrected chi connectivity index (χ1v) is 11.9. The van der Waals surface area contributed by atoms with E-state index in [-0.39, 0.29) is 22.8 Å². The number of ether oxygens (including phenoxy) is 1. The van der Waals surface area contributed by atoms with Crippen LogP contribution in [0.4, 0.5) is 5.13 Å². The van der Waals surface area contributed by atoms with Gasteiger partial charge in [0.25, 0.3) is 0 Å². The summed E-state index contributed by atoms with van der Waals surface area (Å²) in [6.45, 7) is 4.40. The van der Waals surface area contributed by atoms with E-state index < -0.39 is 28.4 Å². The summed E-state index contributed by atoms with van der Waals surface area (Å²) in [5.74, 6) is -1.31. The average molecular weight is 485 g/mol. The van der Waals surface area contributed by atoms with Gasteiger partial charge in [0.1, 0.15) is 10.5 Å². The number of likely N-dealkylation sites (N-methyl/N-ethyl adjacent to an activating group) is 1. The fourth-order valence-electron chi connectivity index (χ4n) is 3.08. The molecule has 2 heterocycles. The molecule has 0 aliphatic carbocycles. The normalized spacial score (nSPS) is 11.8. The van der Waals surface area contributed by atoms with Crippen LogP contribution in [0.25, 0.3) is 10.2 Å². The number of hydrogen-bond donors (Lipinski definition) is 2. The lowest BCUT2D eigenvalue weighted by atomic mass is 10.2. The number of sulfonamides is 1. The summed E-state index contributed by atoms with van der Waals surface area (Å²) in [5, 5.41) is 3.48. The van der Waals surface area contributed by atoms with Crippen molar-refractivity contribution in [1.29, 1.82) is 0 Å². The number of aryl methyl sites for hydroxylation is 2. The van der Waals surface area contributed by atoms with Crippen molar-refractivity contribution in [2.75, 3.05) is 25.5 Å². The van der Waals surface area contributed by atoms with E-state index in [9.17, 15) is 18.0 Å². The number of carbonyl (C=O) groups is 2. The molecule has 166 valence electrons. The van der Waals surface area contributed by atoms with Crippen LogP contribution < -0.4 is 5.32 Å². The van der Waals surface area contributed by atoms with Gasteiger partial charge in [0, 0.05) is 23.5 Å². The molecule has 0 aliphatic heterocycles. The van der Waals surface area contributed by atoms with Crippen LogP contribution in [0.3, 0.4) is 0 Å². The Morgan fingerprint density at radius 2 is 2.00 bits per heavy atom. The highest BCUT2D eigenvalue weighted by Gasteiger charge is 2.33. The number of nitrogens with one attached hydrogen (secondary N) is 2. The van der Waals surface area contributed by atoms with Crippen LogP contribution in [0.15, 0.2) is 23.1 Å². The van der Waals surface area contributed by atoms with E-state index in [0.717, 1.165) is 9.01 Å². The molecule has 0 fully saturated rings. The lowest BCUT2D eigenvalue weighted by Gasteiger charge is -2.17. The molecule has 0 atom stereocenters. The van der Waals surface area contributed by atoms with Crippen molar-refractivity contribution in [2.24, 2.45) is 0 Å². The van der Waals surface area contributed by atoms with Crippen molar-refractivity contribution in [3.63, 3.8) is 0 Å². The maximum absolute atomic E-state index is 13.2. The van der Waals surface area contributed by atoms with Gasteiger partial charge >= 0.3 is 5.97 Å². The zero-order valence-electron chi connectivity index (χ0n) is 17.3. The third kappa shape index (κ3) is 4.74. The smallest absolute Gasteiger partial charge is 0.341 e. The van der Waals surface area contributed by atoms with Crippen LogP contribution in [0.2, 0.25) is 5.02 Å². The number of halogens is 1. The number of rotatable bonds is 7. The molecular weight excluding hydrogens is 464 g/mol. The Balaban J connectivity index is 1.81. The molecule has 0 radical (unpaired) electrons. The standard InChI is InChI=1S/C19H21ClN4O5S2/c1-5-29-18(26)16-10(2)21-11(3)17(16)31(27,28)24(4)9-15(25)23-19-22-13-7-6-12(20)8-14(13)30-19/h6-8,21H,5,9H2,1-4H3,(H,22,23,25). The first-order valence-electron chi connectivity index (χ1n) is 9.23. The number of anilines is 1. The second-order valence-corrected chi connectivity index (χ2v) is 10.2. The average Bonchev–Trinajstić information content (AvgIpc) is 3.20. The molecule has 9 nitrogen and oxygen atoms in total. The molecule has 31 heavy (non-hydrogen) atoms. The maximum Gasteiger partial charge on any atom is 0.341 e. The van der Waals surface area contributed by atoms with Gasteiger partial charge in [0.05, 0.1) is 23.4 Å². The minimum Gasteiger partial charge on any atom is -0.462 e. The molecule has 0 spiro atoms. The molecular formula is C19H21ClN4O5S2. The summed E-state index contributed by atoms with van der Waals surface area (Å²) in [4.78, 5) is 31.8. The number of nitrogens with zero attached hydrogens (tertiary/aromatic N) is 2. The van der Waals surface area contributed by atoms with Crippen molar-refractivity contribution in [1.82, 2.24) is 14.3 Å². The molecule has 2 N–H and O–H groups in total. The zero-order valence-corrected chi connectivity index (χ0v) is 19.7. The van der Waals surface area contributed by atoms with Gasteiger partial charge in [-0.1, -0.05) is 22.9 Å². The highest BCUT2D eigenvalue weighted by Crippen LogP contribution is 2.29. The van der Waals surface area contributed by atoms with Crippen molar-refractivity contribution in [3.05, 3.63) is 40.2 Å². The zero-order chi connectivity index (χ0) is 22.9. The van der Waals surface area contributed by atoms with Crippen molar-refractivity contribution in [3.8, 4) is 0 Å². The number of fused-ring (bicyclic) bond motifs is 1. The number of thiazole rings is 1. The first-order chi connectivity index (χ1) is 14.5. The van der Waals surface area contributed by atoms with Gasteiger partial charge < -0.3 is 15.0 Å². The monoisotopic (exact) mass is 484 g/mol. The number of amides is 1. The lowest BCUT2D eigenvalue weighted by Crippen LogP contribution is -2.35. The number of aromatic amines is 1. The molecule has 3 aromatic rings. The summed E-state index contributed by atoms with van der Waals surface area (Å²) in [5.41, 5.74) is 1.27.